The number of aryl methyl sites for hydroxylation is 1. The van der Waals surface area contributed by atoms with E-state index in [2.05, 4.69) is 35.0 Å². The van der Waals surface area contributed by atoms with E-state index in [0.717, 1.165) is 24.6 Å². The summed E-state index contributed by atoms with van der Waals surface area (Å²) in [4.78, 5) is 6.75. The average molecular weight is 225 g/mol. The maximum Gasteiger partial charge on any atom is 0.132 e. The fraction of sp³-hybridized carbons (Fsp3) is 0.214. The van der Waals surface area contributed by atoms with Gasteiger partial charge in [-0.3, -0.25) is 0 Å². The van der Waals surface area contributed by atoms with Gasteiger partial charge in [0.05, 0.1) is 0 Å². The van der Waals surface area contributed by atoms with Gasteiger partial charge < -0.3 is 10.6 Å². The van der Waals surface area contributed by atoms with Crippen molar-refractivity contribution in [3.8, 4) is 0 Å². The van der Waals surface area contributed by atoms with Crippen molar-refractivity contribution in [1.29, 1.82) is 0 Å². The van der Waals surface area contributed by atoms with Crippen LogP contribution in [0.2, 0.25) is 0 Å². The summed E-state index contributed by atoms with van der Waals surface area (Å²) in [6, 6.07) is 10.2. The first-order valence-electron chi connectivity index (χ1n) is 5.78. The Hall–Kier alpha value is -2.03. The van der Waals surface area contributed by atoms with Gasteiger partial charge in [-0.1, -0.05) is 12.1 Å². The molecule has 2 heterocycles. The summed E-state index contributed by atoms with van der Waals surface area (Å²) in [5.74, 6) is 1.07. The highest BCUT2D eigenvalue weighted by Gasteiger charge is 2.20. The molecule has 86 valence electrons. The molecule has 0 radical (unpaired) electrons. The first kappa shape index (κ1) is 10.1. The predicted octanol–water partition coefficient (Wildman–Crippen LogP) is 2.49. The van der Waals surface area contributed by atoms with E-state index in [-0.39, 0.29) is 0 Å². The lowest BCUT2D eigenvalue weighted by Crippen LogP contribution is -2.16. The number of anilines is 2. The van der Waals surface area contributed by atoms with Crippen molar-refractivity contribution < 1.29 is 0 Å². The molecule has 0 saturated heterocycles. The Bertz CT molecular complexity index is 563. The summed E-state index contributed by atoms with van der Waals surface area (Å²) in [5, 5.41) is 0. The number of nitrogen functional groups attached to an aromatic ring is 1. The molecule has 17 heavy (non-hydrogen) atoms. The van der Waals surface area contributed by atoms with Gasteiger partial charge in [-0.25, -0.2) is 4.98 Å². The number of fused-ring (bicyclic) bond motifs is 1. The van der Waals surface area contributed by atoms with Crippen molar-refractivity contribution in [2.24, 2.45) is 0 Å². The molecule has 2 aromatic rings. The van der Waals surface area contributed by atoms with Gasteiger partial charge in [-0.2, -0.15) is 0 Å². The minimum Gasteiger partial charge on any atom is -0.399 e. The SMILES string of the molecule is Cc1cccnc1N1Cc2ccc(N)cc2C1. The number of aromatic nitrogens is 1. The molecule has 1 aliphatic heterocycles. The van der Waals surface area contributed by atoms with Gasteiger partial charge >= 0.3 is 0 Å². The van der Waals surface area contributed by atoms with Crippen LogP contribution >= 0.6 is 0 Å². The summed E-state index contributed by atoms with van der Waals surface area (Å²) < 4.78 is 0. The molecule has 0 atom stereocenters. The van der Waals surface area contributed by atoms with Crippen LogP contribution in [-0.2, 0) is 13.1 Å². The zero-order valence-electron chi connectivity index (χ0n) is 9.85. The molecule has 0 bridgehead atoms. The fourth-order valence-corrected chi connectivity index (χ4v) is 2.37. The highest BCUT2D eigenvalue weighted by Crippen LogP contribution is 2.29. The van der Waals surface area contributed by atoms with Crippen LogP contribution in [0.1, 0.15) is 16.7 Å². The number of nitrogens with two attached hydrogens (primary N) is 1. The second-order valence-corrected chi connectivity index (χ2v) is 4.53. The van der Waals surface area contributed by atoms with Gasteiger partial charge in [0, 0.05) is 25.0 Å². The Morgan fingerprint density at radius 3 is 2.82 bits per heavy atom. The van der Waals surface area contributed by atoms with E-state index in [9.17, 15) is 0 Å². The van der Waals surface area contributed by atoms with Crippen molar-refractivity contribution in [3.05, 3.63) is 53.2 Å². The third kappa shape index (κ3) is 1.73. The van der Waals surface area contributed by atoms with Gasteiger partial charge in [0.15, 0.2) is 0 Å². The number of nitrogens with zero attached hydrogens (tertiary/aromatic N) is 2. The van der Waals surface area contributed by atoms with E-state index in [4.69, 9.17) is 5.73 Å². The van der Waals surface area contributed by atoms with E-state index in [1.807, 2.05) is 18.3 Å². The molecule has 3 nitrogen and oxygen atoms in total. The second kappa shape index (κ2) is 3.77. The van der Waals surface area contributed by atoms with Gasteiger partial charge in [0.25, 0.3) is 0 Å². The molecule has 0 unspecified atom stereocenters. The van der Waals surface area contributed by atoms with Gasteiger partial charge in [0.1, 0.15) is 5.82 Å². The first-order chi connectivity index (χ1) is 8.24. The normalized spacial score (nSPS) is 13.8. The molecule has 3 heteroatoms. The van der Waals surface area contributed by atoms with Crippen LogP contribution in [0.5, 0.6) is 0 Å². The van der Waals surface area contributed by atoms with Crippen LogP contribution in [0.3, 0.4) is 0 Å². The van der Waals surface area contributed by atoms with Crippen molar-refractivity contribution >= 4 is 11.5 Å². The number of hydrogen-bond acceptors (Lipinski definition) is 3. The topological polar surface area (TPSA) is 42.2 Å². The summed E-state index contributed by atoms with van der Waals surface area (Å²) in [6.45, 7) is 3.92. The predicted molar refractivity (Wildman–Crippen MR) is 69.7 cm³/mol. The maximum absolute atomic E-state index is 5.81. The molecule has 0 aliphatic carbocycles. The van der Waals surface area contributed by atoms with Gasteiger partial charge in [-0.15, -0.1) is 0 Å². The molecule has 2 N–H and O–H groups in total. The monoisotopic (exact) mass is 225 g/mol. The maximum atomic E-state index is 5.81. The zero-order valence-corrected chi connectivity index (χ0v) is 9.85. The molecule has 0 fully saturated rings. The molecule has 1 aromatic heterocycles. The lowest BCUT2D eigenvalue weighted by molar-refractivity contribution is 0.850. The molecular formula is C14H15N3. The smallest absolute Gasteiger partial charge is 0.132 e. The molecule has 1 aliphatic rings. The number of rotatable bonds is 1. The van der Waals surface area contributed by atoms with E-state index in [1.165, 1.54) is 16.7 Å². The largest absolute Gasteiger partial charge is 0.399 e. The summed E-state index contributed by atoms with van der Waals surface area (Å²) in [7, 11) is 0. The highest BCUT2D eigenvalue weighted by molar-refractivity contribution is 5.54. The van der Waals surface area contributed by atoms with Crippen LogP contribution in [0.15, 0.2) is 36.5 Å². The van der Waals surface area contributed by atoms with Crippen molar-refractivity contribution in [2.45, 2.75) is 20.0 Å². The van der Waals surface area contributed by atoms with Crippen LogP contribution in [0.4, 0.5) is 11.5 Å². The third-order valence-corrected chi connectivity index (χ3v) is 3.23. The lowest BCUT2D eigenvalue weighted by atomic mass is 10.1. The summed E-state index contributed by atoms with van der Waals surface area (Å²) in [5.41, 5.74) is 10.5. The highest BCUT2D eigenvalue weighted by atomic mass is 15.2. The van der Waals surface area contributed by atoms with Gasteiger partial charge in [0.2, 0.25) is 0 Å². The quantitative estimate of drug-likeness (QED) is 0.758. The molecule has 0 saturated carbocycles. The van der Waals surface area contributed by atoms with Crippen LogP contribution in [0.25, 0.3) is 0 Å². The molecular weight excluding hydrogens is 210 g/mol. The Morgan fingerprint density at radius 2 is 2.00 bits per heavy atom. The van der Waals surface area contributed by atoms with Crippen LogP contribution < -0.4 is 10.6 Å². The minimum absolute atomic E-state index is 0.836. The van der Waals surface area contributed by atoms with E-state index >= 15 is 0 Å². The molecule has 3 rings (SSSR count). The van der Waals surface area contributed by atoms with Crippen molar-refractivity contribution in [1.82, 2.24) is 4.98 Å². The van der Waals surface area contributed by atoms with E-state index in [1.54, 1.807) is 0 Å². The van der Waals surface area contributed by atoms with Gasteiger partial charge in [-0.05, 0) is 41.8 Å². The standard InChI is InChI=1S/C14H15N3/c1-10-3-2-6-16-14(10)17-8-11-4-5-13(15)7-12(11)9-17/h2-7H,8-9,15H2,1H3. The Balaban J connectivity index is 1.94. The minimum atomic E-state index is 0.836. The Kier molecular flexibility index (Phi) is 2.25. The van der Waals surface area contributed by atoms with E-state index < -0.39 is 0 Å². The second-order valence-electron chi connectivity index (χ2n) is 4.53. The van der Waals surface area contributed by atoms with Crippen molar-refractivity contribution in [3.63, 3.8) is 0 Å². The molecule has 0 amide bonds. The molecule has 1 aromatic carbocycles. The van der Waals surface area contributed by atoms with E-state index in [0.29, 0.717) is 0 Å². The lowest BCUT2D eigenvalue weighted by Gasteiger charge is -2.18. The number of hydrogen-bond donors (Lipinski definition) is 1. The molecule has 0 spiro atoms. The third-order valence-electron chi connectivity index (χ3n) is 3.23. The first-order valence-corrected chi connectivity index (χ1v) is 5.78. The number of benzene rings is 1. The van der Waals surface area contributed by atoms with Crippen LogP contribution in [-0.4, -0.2) is 4.98 Å². The van der Waals surface area contributed by atoms with Crippen molar-refractivity contribution in [2.75, 3.05) is 10.6 Å². The van der Waals surface area contributed by atoms with Crippen LogP contribution in [0, 0.1) is 6.92 Å². The number of pyridine rings is 1. The summed E-state index contributed by atoms with van der Waals surface area (Å²) in [6.07, 6.45) is 1.85. The fourth-order valence-electron chi connectivity index (χ4n) is 2.37. The Labute approximate surface area is 101 Å². The zero-order chi connectivity index (χ0) is 11.8. The Morgan fingerprint density at radius 1 is 1.18 bits per heavy atom. The summed E-state index contributed by atoms with van der Waals surface area (Å²) >= 11 is 0. The average Bonchev–Trinajstić information content (AvgIpc) is 2.72.